The van der Waals surface area contributed by atoms with E-state index in [1.807, 2.05) is 35.2 Å². The number of benzene rings is 1. The number of nitrogens with zero attached hydrogens (tertiary/aromatic N) is 2. The summed E-state index contributed by atoms with van der Waals surface area (Å²) in [4.78, 5) is 16.9. The van der Waals surface area contributed by atoms with Gasteiger partial charge < -0.3 is 13.7 Å². The van der Waals surface area contributed by atoms with Crippen molar-refractivity contribution in [2.75, 3.05) is 13.1 Å². The smallest absolute Gasteiger partial charge is 0.237 e. The van der Waals surface area contributed by atoms with Crippen LogP contribution in [0.25, 0.3) is 0 Å². The van der Waals surface area contributed by atoms with Crippen molar-refractivity contribution in [3.05, 3.63) is 83.7 Å². The summed E-state index contributed by atoms with van der Waals surface area (Å²) in [5.41, 5.74) is 2.59. The van der Waals surface area contributed by atoms with Crippen molar-refractivity contribution in [3.8, 4) is 0 Å². The highest BCUT2D eigenvalue weighted by atomic mass is 16.3. The molecular weight excluding hydrogens is 328 g/mol. The molecule has 0 N–H and O–H groups in total. The van der Waals surface area contributed by atoms with Gasteiger partial charge in [-0.3, -0.25) is 9.69 Å². The fourth-order valence-corrected chi connectivity index (χ4v) is 3.41. The molecule has 0 saturated carbocycles. The fraction of sp³-hybridized carbons (Fsp3) is 0.286. The van der Waals surface area contributed by atoms with E-state index in [0.29, 0.717) is 26.2 Å². The second-order valence-corrected chi connectivity index (χ2v) is 6.64. The van der Waals surface area contributed by atoms with E-state index in [2.05, 4.69) is 23.1 Å². The van der Waals surface area contributed by atoms with Gasteiger partial charge in [0.2, 0.25) is 5.91 Å². The van der Waals surface area contributed by atoms with Crippen LogP contribution in [0.15, 0.2) is 69.9 Å². The van der Waals surface area contributed by atoms with E-state index < -0.39 is 0 Å². The predicted octanol–water partition coefficient (Wildman–Crippen LogP) is 3.46. The predicted molar refractivity (Wildman–Crippen MR) is 97.1 cm³/mol. The largest absolute Gasteiger partial charge is 0.468 e. The lowest BCUT2D eigenvalue weighted by atomic mass is 10.00. The van der Waals surface area contributed by atoms with Gasteiger partial charge in [-0.15, -0.1) is 0 Å². The van der Waals surface area contributed by atoms with Crippen LogP contribution in [-0.2, 0) is 30.8 Å². The third-order valence-corrected chi connectivity index (χ3v) is 4.76. The van der Waals surface area contributed by atoms with Gasteiger partial charge in [-0.2, -0.15) is 0 Å². The Balaban J connectivity index is 1.43. The topological polar surface area (TPSA) is 49.8 Å². The average molecular weight is 350 g/mol. The minimum absolute atomic E-state index is 0.137. The van der Waals surface area contributed by atoms with Crippen molar-refractivity contribution >= 4 is 5.91 Å². The molecule has 0 aliphatic carbocycles. The number of furan rings is 2. The standard InChI is InChI=1S/C21H22N2O3/c24-21(23-10-9-17-5-1-2-6-18(17)13-23)16-22(14-19-7-3-11-25-19)15-20-8-4-12-26-20/h1-8,11-12H,9-10,13-16H2. The van der Waals surface area contributed by atoms with Gasteiger partial charge in [0.25, 0.3) is 0 Å². The highest BCUT2D eigenvalue weighted by Crippen LogP contribution is 2.19. The Morgan fingerprint density at radius 3 is 2.19 bits per heavy atom. The van der Waals surface area contributed by atoms with Crippen LogP contribution in [0.2, 0.25) is 0 Å². The normalized spacial score (nSPS) is 13.8. The van der Waals surface area contributed by atoms with Crippen LogP contribution in [0, 0.1) is 0 Å². The van der Waals surface area contributed by atoms with Crippen molar-refractivity contribution < 1.29 is 13.6 Å². The molecule has 4 rings (SSSR count). The van der Waals surface area contributed by atoms with Crippen molar-refractivity contribution in [2.45, 2.75) is 26.1 Å². The first kappa shape index (κ1) is 16.7. The molecule has 1 aromatic carbocycles. The Hall–Kier alpha value is -2.79. The molecule has 3 heterocycles. The molecule has 5 heteroatoms. The van der Waals surface area contributed by atoms with Crippen molar-refractivity contribution in [1.29, 1.82) is 0 Å². The zero-order valence-electron chi connectivity index (χ0n) is 14.6. The molecule has 2 aromatic heterocycles. The average Bonchev–Trinajstić information content (AvgIpc) is 3.35. The molecule has 1 aliphatic rings. The lowest BCUT2D eigenvalue weighted by molar-refractivity contribution is -0.133. The molecule has 0 saturated heterocycles. The summed E-state index contributed by atoms with van der Waals surface area (Å²) >= 11 is 0. The van der Waals surface area contributed by atoms with E-state index in [0.717, 1.165) is 24.5 Å². The zero-order valence-corrected chi connectivity index (χ0v) is 14.6. The highest BCUT2D eigenvalue weighted by molar-refractivity contribution is 5.78. The minimum Gasteiger partial charge on any atom is -0.468 e. The quantitative estimate of drug-likeness (QED) is 0.683. The van der Waals surface area contributed by atoms with Crippen LogP contribution in [0.4, 0.5) is 0 Å². The molecular formula is C21H22N2O3. The first-order valence-electron chi connectivity index (χ1n) is 8.89. The molecule has 0 atom stereocenters. The Morgan fingerprint density at radius 1 is 0.923 bits per heavy atom. The van der Waals surface area contributed by atoms with Crippen molar-refractivity contribution in [1.82, 2.24) is 9.80 Å². The third kappa shape index (κ3) is 3.89. The summed E-state index contributed by atoms with van der Waals surface area (Å²) in [5.74, 6) is 1.82. The summed E-state index contributed by atoms with van der Waals surface area (Å²) in [7, 11) is 0. The summed E-state index contributed by atoms with van der Waals surface area (Å²) in [6.07, 6.45) is 4.23. The summed E-state index contributed by atoms with van der Waals surface area (Å²) < 4.78 is 10.9. The number of fused-ring (bicyclic) bond motifs is 1. The third-order valence-electron chi connectivity index (χ3n) is 4.76. The van der Waals surface area contributed by atoms with Gasteiger partial charge in [0.15, 0.2) is 0 Å². The number of rotatable bonds is 6. The van der Waals surface area contributed by atoms with E-state index in [4.69, 9.17) is 8.83 Å². The molecule has 0 bridgehead atoms. The molecule has 5 nitrogen and oxygen atoms in total. The molecule has 0 spiro atoms. The highest BCUT2D eigenvalue weighted by Gasteiger charge is 2.23. The van der Waals surface area contributed by atoms with Gasteiger partial charge in [-0.05, 0) is 41.8 Å². The number of carbonyl (C=O) groups excluding carboxylic acids is 1. The van der Waals surface area contributed by atoms with Gasteiger partial charge in [-0.1, -0.05) is 24.3 Å². The van der Waals surface area contributed by atoms with Crippen LogP contribution < -0.4 is 0 Å². The van der Waals surface area contributed by atoms with Gasteiger partial charge in [0.1, 0.15) is 11.5 Å². The van der Waals surface area contributed by atoms with Gasteiger partial charge in [0, 0.05) is 13.1 Å². The van der Waals surface area contributed by atoms with Gasteiger partial charge in [0.05, 0.1) is 32.2 Å². The van der Waals surface area contributed by atoms with Crippen LogP contribution in [-0.4, -0.2) is 28.8 Å². The first-order chi connectivity index (χ1) is 12.8. The second kappa shape index (κ2) is 7.62. The maximum atomic E-state index is 12.9. The summed E-state index contributed by atoms with van der Waals surface area (Å²) in [5, 5.41) is 0. The Labute approximate surface area is 152 Å². The molecule has 0 radical (unpaired) electrons. The summed E-state index contributed by atoms with van der Waals surface area (Å²) in [6.45, 7) is 2.94. The van der Waals surface area contributed by atoms with E-state index in [9.17, 15) is 4.79 Å². The number of amides is 1. The molecule has 3 aromatic rings. The van der Waals surface area contributed by atoms with Crippen molar-refractivity contribution in [3.63, 3.8) is 0 Å². The molecule has 0 fully saturated rings. The van der Waals surface area contributed by atoms with Crippen LogP contribution in [0.1, 0.15) is 22.6 Å². The van der Waals surface area contributed by atoms with Crippen molar-refractivity contribution in [2.24, 2.45) is 0 Å². The Morgan fingerprint density at radius 2 is 1.58 bits per heavy atom. The van der Waals surface area contributed by atoms with Crippen LogP contribution in [0.3, 0.4) is 0 Å². The van der Waals surface area contributed by atoms with Crippen LogP contribution >= 0.6 is 0 Å². The lowest BCUT2D eigenvalue weighted by Crippen LogP contribution is -2.42. The molecule has 134 valence electrons. The zero-order chi connectivity index (χ0) is 17.8. The monoisotopic (exact) mass is 350 g/mol. The maximum Gasteiger partial charge on any atom is 0.237 e. The molecule has 1 amide bonds. The van der Waals surface area contributed by atoms with E-state index >= 15 is 0 Å². The van der Waals surface area contributed by atoms with Crippen LogP contribution in [0.5, 0.6) is 0 Å². The fourth-order valence-electron chi connectivity index (χ4n) is 3.41. The second-order valence-electron chi connectivity index (χ2n) is 6.64. The minimum atomic E-state index is 0.137. The maximum absolute atomic E-state index is 12.9. The number of hydrogen-bond donors (Lipinski definition) is 0. The van der Waals surface area contributed by atoms with E-state index in [-0.39, 0.29) is 5.91 Å². The molecule has 0 unspecified atom stereocenters. The van der Waals surface area contributed by atoms with Gasteiger partial charge >= 0.3 is 0 Å². The molecule has 26 heavy (non-hydrogen) atoms. The summed E-state index contributed by atoms with van der Waals surface area (Å²) in [6, 6.07) is 15.9. The first-order valence-corrected chi connectivity index (χ1v) is 8.89. The lowest BCUT2D eigenvalue weighted by Gasteiger charge is -2.31. The Bertz CT molecular complexity index is 804. The molecule has 1 aliphatic heterocycles. The number of carbonyl (C=O) groups is 1. The SMILES string of the molecule is O=C(CN(Cc1ccco1)Cc1ccco1)N1CCc2ccccc2C1. The Kier molecular flexibility index (Phi) is 4.88. The van der Waals surface area contributed by atoms with E-state index in [1.165, 1.54) is 11.1 Å². The van der Waals surface area contributed by atoms with E-state index in [1.54, 1.807) is 12.5 Å². The van der Waals surface area contributed by atoms with Gasteiger partial charge in [-0.25, -0.2) is 0 Å². The number of hydrogen-bond acceptors (Lipinski definition) is 4.